The summed E-state index contributed by atoms with van der Waals surface area (Å²) in [6.45, 7) is 2.06. The monoisotopic (exact) mass is 326 g/mol. The van der Waals surface area contributed by atoms with Crippen molar-refractivity contribution in [1.82, 2.24) is 0 Å². The summed E-state index contributed by atoms with van der Waals surface area (Å²) < 4.78 is 13.9. The van der Waals surface area contributed by atoms with Crippen LogP contribution in [0.4, 0.5) is 4.39 Å². The lowest BCUT2D eigenvalue weighted by atomic mass is 10.0. The van der Waals surface area contributed by atoms with Crippen LogP contribution in [0.5, 0.6) is 0 Å². The first-order valence-electron chi connectivity index (χ1n) is 5.71. The molecule has 0 aliphatic carbocycles. The van der Waals surface area contributed by atoms with Crippen molar-refractivity contribution in [3.8, 4) is 0 Å². The number of halogens is 3. The highest BCUT2D eigenvalue weighted by atomic mass is 79.9. The number of hydrogen-bond donors (Lipinski definition) is 0. The summed E-state index contributed by atoms with van der Waals surface area (Å²) in [5.41, 5.74) is 3.21. The van der Waals surface area contributed by atoms with Crippen molar-refractivity contribution >= 4 is 27.5 Å². The summed E-state index contributed by atoms with van der Waals surface area (Å²) in [5, 5.41) is -0.214. The molecule has 0 nitrogen and oxygen atoms in total. The molecule has 0 spiro atoms. The second kappa shape index (κ2) is 5.85. The molecule has 2 aromatic carbocycles. The van der Waals surface area contributed by atoms with Gasteiger partial charge in [0, 0.05) is 0 Å². The normalized spacial score (nSPS) is 12.4. The predicted molar refractivity (Wildman–Crippen MR) is 77.6 cm³/mol. The van der Waals surface area contributed by atoms with Gasteiger partial charge in [0.1, 0.15) is 5.82 Å². The molecular weight excluding hydrogens is 315 g/mol. The van der Waals surface area contributed by atoms with Gasteiger partial charge in [-0.3, -0.25) is 0 Å². The van der Waals surface area contributed by atoms with Crippen molar-refractivity contribution in [1.29, 1.82) is 0 Å². The maximum atomic E-state index is 13.5. The number of hydrogen-bond acceptors (Lipinski definition) is 0. The van der Waals surface area contributed by atoms with E-state index in [-0.39, 0.29) is 11.2 Å². The lowest BCUT2D eigenvalue weighted by molar-refractivity contribution is 0.618. The van der Waals surface area contributed by atoms with Crippen molar-refractivity contribution in [2.24, 2.45) is 0 Å². The molecule has 94 valence electrons. The molecule has 0 aromatic heterocycles. The summed E-state index contributed by atoms with van der Waals surface area (Å²) in [6.07, 6.45) is 0.704. The molecule has 0 saturated heterocycles. The van der Waals surface area contributed by atoms with Gasteiger partial charge in [0.05, 0.1) is 9.85 Å². The highest BCUT2D eigenvalue weighted by molar-refractivity contribution is 9.10. The first-order chi connectivity index (χ1) is 8.58. The van der Waals surface area contributed by atoms with Crippen LogP contribution in [0.15, 0.2) is 46.9 Å². The average Bonchev–Trinajstić information content (AvgIpc) is 2.35. The molecule has 18 heavy (non-hydrogen) atoms. The molecular formula is C15H13BrClF. The Balaban J connectivity index is 2.19. The average molecular weight is 328 g/mol. The van der Waals surface area contributed by atoms with Crippen LogP contribution < -0.4 is 0 Å². The molecule has 3 heteroatoms. The fourth-order valence-electron chi connectivity index (χ4n) is 1.86. The van der Waals surface area contributed by atoms with Gasteiger partial charge in [0.15, 0.2) is 0 Å². The van der Waals surface area contributed by atoms with Crippen molar-refractivity contribution < 1.29 is 4.39 Å². The highest BCUT2D eigenvalue weighted by Gasteiger charge is 2.12. The van der Waals surface area contributed by atoms with Gasteiger partial charge in [-0.25, -0.2) is 4.39 Å². The summed E-state index contributed by atoms with van der Waals surface area (Å²) >= 11 is 9.49. The Hall–Kier alpha value is -0.860. The maximum absolute atomic E-state index is 13.5. The highest BCUT2D eigenvalue weighted by Crippen LogP contribution is 2.28. The third-order valence-electron chi connectivity index (χ3n) is 2.97. The van der Waals surface area contributed by atoms with E-state index in [4.69, 9.17) is 11.6 Å². The fourth-order valence-corrected chi connectivity index (χ4v) is 2.41. The van der Waals surface area contributed by atoms with Crippen LogP contribution in [-0.4, -0.2) is 0 Å². The van der Waals surface area contributed by atoms with Gasteiger partial charge in [-0.05, 0) is 58.1 Å². The molecule has 0 aliphatic rings. The molecule has 0 heterocycles. The van der Waals surface area contributed by atoms with E-state index in [1.807, 2.05) is 18.2 Å². The van der Waals surface area contributed by atoms with E-state index < -0.39 is 0 Å². The number of alkyl halides is 1. The Morgan fingerprint density at radius 2 is 1.94 bits per heavy atom. The van der Waals surface area contributed by atoms with Crippen molar-refractivity contribution in [3.05, 3.63) is 69.4 Å². The van der Waals surface area contributed by atoms with Crippen LogP contribution in [0, 0.1) is 12.7 Å². The molecule has 1 unspecified atom stereocenters. The van der Waals surface area contributed by atoms with Gasteiger partial charge in [-0.1, -0.05) is 30.3 Å². The minimum absolute atomic E-state index is 0.214. The van der Waals surface area contributed by atoms with Gasteiger partial charge < -0.3 is 0 Å². The maximum Gasteiger partial charge on any atom is 0.137 e. The Labute approximate surface area is 120 Å². The minimum Gasteiger partial charge on any atom is -0.206 e. The standard InChI is InChI=1S/C15H13BrClF/c1-10-4-2-3-5-11(10)8-14(17)12-6-7-13(16)15(18)9-12/h2-7,9,14H,8H2,1H3. The Kier molecular flexibility index (Phi) is 4.41. The minimum atomic E-state index is -0.275. The summed E-state index contributed by atoms with van der Waals surface area (Å²) in [4.78, 5) is 0. The molecule has 2 rings (SSSR count). The molecule has 0 aliphatic heterocycles. The van der Waals surface area contributed by atoms with Crippen LogP contribution in [0.25, 0.3) is 0 Å². The zero-order valence-electron chi connectivity index (χ0n) is 9.96. The first-order valence-corrected chi connectivity index (χ1v) is 6.94. The van der Waals surface area contributed by atoms with Crippen molar-refractivity contribution in [2.45, 2.75) is 18.7 Å². The Morgan fingerprint density at radius 1 is 1.22 bits per heavy atom. The van der Waals surface area contributed by atoms with Gasteiger partial charge in [-0.2, -0.15) is 0 Å². The predicted octanol–water partition coefficient (Wildman–Crippen LogP) is 5.42. The molecule has 0 bridgehead atoms. The van der Waals surface area contributed by atoms with Crippen LogP contribution in [0.3, 0.4) is 0 Å². The quantitative estimate of drug-likeness (QED) is 0.660. The van der Waals surface area contributed by atoms with Gasteiger partial charge in [-0.15, -0.1) is 11.6 Å². The summed E-state index contributed by atoms with van der Waals surface area (Å²) in [7, 11) is 0. The van der Waals surface area contributed by atoms with E-state index in [0.29, 0.717) is 10.9 Å². The lowest BCUT2D eigenvalue weighted by Crippen LogP contribution is -1.98. The van der Waals surface area contributed by atoms with E-state index in [0.717, 1.165) is 5.56 Å². The second-order valence-electron chi connectivity index (χ2n) is 4.27. The largest absolute Gasteiger partial charge is 0.206 e. The van der Waals surface area contributed by atoms with Gasteiger partial charge >= 0.3 is 0 Å². The number of rotatable bonds is 3. The lowest BCUT2D eigenvalue weighted by Gasteiger charge is -2.12. The molecule has 0 radical (unpaired) electrons. The molecule has 0 saturated carbocycles. The van der Waals surface area contributed by atoms with Crippen molar-refractivity contribution in [2.75, 3.05) is 0 Å². The SMILES string of the molecule is Cc1ccccc1CC(Cl)c1ccc(Br)c(F)c1. The fraction of sp³-hybridized carbons (Fsp3) is 0.200. The van der Waals surface area contributed by atoms with Gasteiger partial charge in [0.2, 0.25) is 0 Å². The van der Waals surface area contributed by atoms with Crippen LogP contribution in [0.1, 0.15) is 22.1 Å². The first kappa shape index (κ1) is 13.6. The molecule has 2 aromatic rings. The van der Waals surface area contributed by atoms with E-state index in [1.54, 1.807) is 6.07 Å². The zero-order chi connectivity index (χ0) is 13.1. The summed E-state index contributed by atoms with van der Waals surface area (Å²) in [5.74, 6) is -0.275. The van der Waals surface area contributed by atoms with E-state index in [1.165, 1.54) is 17.2 Å². The molecule has 1 atom stereocenters. The second-order valence-corrected chi connectivity index (χ2v) is 5.65. The van der Waals surface area contributed by atoms with Crippen molar-refractivity contribution in [3.63, 3.8) is 0 Å². The third kappa shape index (κ3) is 3.12. The molecule has 0 fully saturated rings. The Morgan fingerprint density at radius 3 is 2.61 bits per heavy atom. The third-order valence-corrected chi connectivity index (χ3v) is 4.02. The van der Waals surface area contributed by atoms with E-state index in [9.17, 15) is 4.39 Å². The van der Waals surface area contributed by atoms with Crippen LogP contribution >= 0.6 is 27.5 Å². The zero-order valence-corrected chi connectivity index (χ0v) is 12.3. The van der Waals surface area contributed by atoms with E-state index in [2.05, 4.69) is 35.0 Å². The molecule has 0 amide bonds. The molecule has 0 N–H and O–H groups in total. The van der Waals surface area contributed by atoms with Crippen LogP contribution in [0.2, 0.25) is 0 Å². The topological polar surface area (TPSA) is 0 Å². The van der Waals surface area contributed by atoms with Gasteiger partial charge in [0.25, 0.3) is 0 Å². The van der Waals surface area contributed by atoms with Crippen LogP contribution in [-0.2, 0) is 6.42 Å². The summed E-state index contributed by atoms with van der Waals surface area (Å²) in [6, 6.07) is 13.1. The smallest absolute Gasteiger partial charge is 0.137 e. The number of benzene rings is 2. The van der Waals surface area contributed by atoms with E-state index >= 15 is 0 Å². The Bertz CT molecular complexity index is 554. The number of aryl methyl sites for hydroxylation is 1.